The van der Waals surface area contributed by atoms with Crippen molar-refractivity contribution in [2.24, 2.45) is 0 Å². The fraction of sp³-hybridized carbons (Fsp3) is 0.400. The lowest BCUT2D eigenvalue weighted by Crippen LogP contribution is -2.34. The normalized spacial score (nSPS) is 15.2. The summed E-state index contributed by atoms with van der Waals surface area (Å²) in [4.78, 5) is 16.1. The van der Waals surface area contributed by atoms with E-state index in [4.69, 9.17) is 0 Å². The van der Waals surface area contributed by atoms with Crippen LogP contribution in [0.5, 0.6) is 0 Å². The number of nitrogens with one attached hydrogen (secondary N) is 2. The quantitative estimate of drug-likeness (QED) is 0.877. The summed E-state index contributed by atoms with van der Waals surface area (Å²) in [6, 6.07) is 5.99. The van der Waals surface area contributed by atoms with E-state index in [9.17, 15) is 4.79 Å². The van der Waals surface area contributed by atoms with Gasteiger partial charge >= 0.3 is 0 Å². The van der Waals surface area contributed by atoms with Crippen molar-refractivity contribution in [3.05, 3.63) is 36.8 Å². The number of nitrogens with zero attached hydrogens (tertiary/aromatic N) is 3. The van der Waals surface area contributed by atoms with Crippen LogP contribution in [0.1, 0.15) is 25.7 Å². The van der Waals surface area contributed by atoms with Crippen molar-refractivity contribution in [2.45, 2.75) is 31.7 Å². The van der Waals surface area contributed by atoms with Gasteiger partial charge in [0.15, 0.2) is 5.82 Å². The molecule has 2 aromatic heterocycles. The van der Waals surface area contributed by atoms with Gasteiger partial charge in [0, 0.05) is 18.4 Å². The van der Waals surface area contributed by atoms with Gasteiger partial charge in [-0.3, -0.25) is 4.79 Å². The van der Waals surface area contributed by atoms with Crippen LogP contribution >= 0.6 is 0 Å². The highest BCUT2D eigenvalue weighted by Gasteiger charge is 2.15. The summed E-state index contributed by atoms with van der Waals surface area (Å²) >= 11 is 0. The van der Waals surface area contributed by atoms with Gasteiger partial charge < -0.3 is 10.6 Å². The highest BCUT2D eigenvalue weighted by Crippen LogP contribution is 2.17. The van der Waals surface area contributed by atoms with E-state index in [1.165, 1.54) is 25.7 Å². The summed E-state index contributed by atoms with van der Waals surface area (Å²) in [7, 11) is 0. The third-order valence-electron chi connectivity index (χ3n) is 3.68. The van der Waals surface area contributed by atoms with E-state index in [0.29, 0.717) is 18.3 Å². The molecule has 0 unspecified atom stereocenters. The number of pyridine rings is 1. The van der Waals surface area contributed by atoms with E-state index >= 15 is 0 Å². The van der Waals surface area contributed by atoms with Gasteiger partial charge in [-0.1, -0.05) is 12.8 Å². The molecule has 0 saturated heterocycles. The monoisotopic (exact) mass is 285 g/mol. The zero-order valence-corrected chi connectivity index (χ0v) is 11.8. The summed E-state index contributed by atoms with van der Waals surface area (Å²) in [5, 5.41) is 10.2. The summed E-state index contributed by atoms with van der Waals surface area (Å²) < 4.78 is 1.67. The van der Waals surface area contributed by atoms with Crippen LogP contribution in [-0.2, 0) is 4.79 Å². The van der Waals surface area contributed by atoms with Crippen LogP contribution in [0.25, 0.3) is 5.82 Å². The first kappa shape index (κ1) is 13.8. The molecule has 2 N–H and O–H groups in total. The Kier molecular flexibility index (Phi) is 4.25. The first-order valence-corrected chi connectivity index (χ1v) is 7.30. The Bertz CT molecular complexity index is 573. The van der Waals surface area contributed by atoms with Crippen molar-refractivity contribution in [2.75, 3.05) is 11.9 Å². The smallest absolute Gasteiger partial charge is 0.238 e. The molecule has 3 rings (SSSR count). The van der Waals surface area contributed by atoms with E-state index < -0.39 is 0 Å². The second kappa shape index (κ2) is 6.49. The molecular formula is C15H19N5O. The van der Waals surface area contributed by atoms with Gasteiger partial charge in [-0.25, -0.2) is 9.67 Å². The van der Waals surface area contributed by atoms with Crippen LogP contribution in [0.2, 0.25) is 0 Å². The molecule has 21 heavy (non-hydrogen) atoms. The second-order valence-corrected chi connectivity index (χ2v) is 5.27. The summed E-state index contributed by atoms with van der Waals surface area (Å²) in [5.74, 6) is 0.692. The zero-order chi connectivity index (χ0) is 14.5. The van der Waals surface area contributed by atoms with Crippen molar-refractivity contribution in [1.29, 1.82) is 0 Å². The molecule has 0 bridgehead atoms. The molecule has 0 radical (unpaired) electrons. The Labute approximate surface area is 123 Å². The molecule has 0 spiro atoms. The molecule has 2 heterocycles. The fourth-order valence-corrected chi connectivity index (χ4v) is 2.57. The molecule has 6 heteroatoms. The third kappa shape index (κ3) is 3.66. The number of anilines is 1. The third-order valence-corrected chi connectivity index (χ3v) is 3.68. The molecule has 1 amide bonds. The van der Waals surface area contributed by atoms with Gasteiger partial charge in [0.25, 0.3) is 0 Å². The maximum Gasteiger partial charge on any atom is 0.238 e. The van der Waals surface area contributed by atoms with Gasteiger partial charge in [0.2, 0.25) is 5.91 Å². The Morgan fingerprint density at radius 3 is 2.86 bits per heavy atom. The van der Waals surface area contributed by atoms with Crippen LogP contribution in [0.4, 0.5) is 5.69 Å². The van der Waals surface area contributed by atoms with Gasteiger partial charge in [-0.15, -0.1) is 0 Å². The molecule has 0 aliphatic heterocycles. The Hall–Kier alpha value is -2.21. The van der Waals surface area contributed by atoms with E-state index in [0.717, 1.165) is 5.82 Å². The number of carbonyl (C=O) groups is 1. The van der Waals surface area contributed by atoms with Gasteiger partial charge in [0.05, 0.1) is 18.4 Å². The molecule has 2 aromatic rings. The van der Waals surface area contributed by atoms with Crippen molar-refractivity contribution in [3.63, 3.8) is 0 Å². The van der Waals surface area contributed by atoms with E-state index in [2.05, 4.69) is 20.7 Å². The van der Waals surface area contributed by atoms with Gasteiger partial charge in [-0.05, 0) is 31.0 Å². The molecule has 0 atom stereocenters. The largest absolute Gasteiger partial charge is 0.324 e. The maximum atomic E-state index is 11.9. The van der Waals surface area contributed by atoms with Crippen LogP contribution < -0.4 is 10.6 Å². The first-order valence-electron chi connectivity index (χ1n) is 7.30. The maximum absolute atomic E-state index is 11.9. The molecule has 1 saturated carbocycles. The predicted molar refractivity (Wildman–Crippen MR) is 80.2 cm³/mol. The molecule has 1 fully saturated rings. The van der Waals surface area contributed by atoms with Crippen LogP contribution in [0, 0.1) is 0 Å². The first-order chi connectivity index (χ1) is 10.3. The average molecular weight is 285 g/mol. The number of rotatable bonds is 5. The standard InChI is InChI=1S/C15H19N5O/c21-15(11-16-12-4-1-2-5-12)19-13-6-7-14(17-10-13)20-9-3-8-18-20/h3,6-10,12,16H,1-2,4-5,11H2,(H,19,21). The van der Waals surface area contributed by atoms with Crippen LogP contribution in [-0.4, -0.2) is 33.3 Å². The lowest BCUT2D eigenvalue weighted by molar-refractivity contribution is -0.115. The molecule has 1 aliphatic rings. The minimum atomic E-state index is -0.0319. The Balaban J connectivity index is 1.51. The zero-order valence-electron chi connectivity index (χ0n) is 11.8. The fourth-order valence-electron chi connectivity index (χ4n) is 2.57. The molecule has 6 nitrogen and oxygen atoms in total. The SMILES string of the molecule is O=C(CNC1CCCC1)Nc1ccc(-n2cccn2)nc1. The topological polar surface area (TPSA) is 71.8 Å². The molecule has 0 aromatic carbocycles. The minimum absolute atomic E-state index is 0.0319. The molecule has 110 valence electrons. The van der Waals surface area contributed by atoms with E-state index in [1.54, 1.807) is 17.1 Å². The molecular weight excluding hydrogens is 266 g/mol. The van der Waals surface area contributed by atoms with Crippen molar-refractivity contribution < 1.29 is 4.79 Å². The second-order valence-electron chi connectivity index (χ2n) is 5.27. The van der Waals surface area contributed by atoms with Gasteiger partial charge in [0.1, 0.15) is 0 Å². The Morgan fingerprint density at radius 2 is 2.19 bits per heavy atom. The number of aromatic nitrogens is 3. The molecule has 1 aliphatic carbocycles. The highest BCUT2D eigenvalue weighted by atomic mass is 16.1. The van der Waals surface area contributed by atoms with Crippen molar-refractivity contribution >= 4 is 11.6 Å². The highest BCUT2D eigenvalue weighted by molar-refractivity contribution is 5.92. The van der Waals surface area contributed by atoms with E-state index in [1.807, 2.05) is 24.4 Å². The number of hydrogen-bond donors (Lipinski definition) is 2. The van der Waals surface area contributed by atoms with Crippen molar-refractivity contribution in [3.8, 4) is 5.82 Å². The lowest BCUT2D eigenvalue weighted by Gasteiger charge is -2.11. The van der Waals surface area contributed by atoms with Crippen LogP contribution in [0.15, 0.2) is 36.8 Å². The minimum Gasteiger partial charge on any atom is -0.324 e. The van der Waals surface area contributed by atoms with Crippen molar-refractivity contribution in [1.82, 2.24) is 20.1 Å². The Morgan fingerprint density at radius 1 is 1.33 bits per heavy atom. The number of amides is 1. The summed E-state index contributed by atoms with van der Waals surface area (Å²) in [5.41, 5.74) is 0.698. The number of hydrogen-bond acceptors (Lipinski definition) is 4. The summed E-state index contributed by atoms with van der Waals surface area (Å²) in [6.45, 7) is 0.353. The lowest BCUT2D eigenvalue weighted by atomic mass is 10.2. The van der Waals surface area contributed by atoms with Gasteiger partial charge in [-0.2, -0.15) is 5.10 Å². The predicted octanol–water partition coefficient (Wildman–Crippen LogP) is 1.74. The number of carbonyl (C=O) groups excluding carboxylic acids is 1. The average Bonchev–Trinajstić information content (AvgIpc) is 3.19. The van der Waals surface area contributed by atoms with Crippen LogP contribution in [0.3, 0.4) is 0 Å². The summed E-state index contributed by atoms with van der Waals surface area (Å²) in [6.07, 6.45) is 10.0. The van der Waals surface area contributed by atoms with E-state index in [-0.39, 0.29) is 5.91 Å².